The van der Waals surface area contributed by atoms with E-state index in [0.29, 0.717) is 6.61 Å². The molecule has 4 heteroatoms. The van der Waals surface area contributed by atoms with E-state index in [4.69, 9.17) is 4.74 Å². The van der Waals surface area contributed by atoms with Crippen LogP contribution in [0, 0.1) is 0 Å². The molecule has 16 heavy (non-hydrogen) atoms. The van der Waals surface area contributed by atoms with Gasteiger partial charge in [-0.05, 0) is 26.7 Å². The largest absolute Gasteiger partial charge is 0.385 e. The first kappa shape index (κ1) is 13.5. The first-order valence-corrected chi connectivity index (χ1v) is 6.19. The summed E-state index contributed by atoms with van der Waals surface area (Å²) in [6.45, 7) is 6.95. The molecule has 3 atom stereocenters. The number of ether oxygens (including phenoxy) is 1. The van der Waals surface area contributed by atoms with Gasteiger partial charge in [0.1, 0.15) is 0 Å². The highest BCUT2D eigenvalue weighted by molar-refractivity contribution is 5.84. The molecule has 0 aromatic rings. The third kappa shape index (κ3) is 2.95. The number of hydrogen-bond donors (Lipinski definition) is 1. The number of carbonyl (C=O) groups excluding carboxylic acids is 1. The Bertz CT molecular complexity index is 233. The van der Waals surface area contributed by atoms with Crippen molar-refractivity contribution in [2.24, 2.45) is 0 Å². The molecular formula is C12H24N2O2. The average Bonchev–Trinajstić information content (AvgIpc) is 2.52. The first-order chi connectivity index (χ1) is 7.61. The summed E-state index contributed by atoms with van der Waals surface area (Å²) >= 11 is 0. The maximum atomic E-state index is 12.1. The molecule has 4 nitrogen and oxygen atoms in total. The number of carbonyl (C=O) groups is 1. The van der Waals surface area contributed by atoms with Crippen LogP contribution in [-0.4, -0.2) is 42.8 Å². The summed E-state index contributed by atoms with van der Waals surface area (Å²) in [4.78, 5) is 14.1. The molecule has 1 amide bonds. The van der Waals surface area contributed by atoms with Crippen LogP contribution in [0.25, 0.3) is 0 Å². The molecule has 1 heterocycles. The Morgan fingerprint density at radius 1 is 1.56 bits per heavy atom. The summed E-state index contributed by atoms with van der Waals surface area (Å²) in [6, 6.07) is 0.266. The molecule has 3 unspecified atom stereocenters. The Balaban J connectivity index is 2.55. The van der Waals surface area contributed by atoms with Gasteiger partial charge >= 0.3 is 0 Å². The predicted molar refractivity (Wildman–Crippen MR) is 64.1 cm³/mol. The molecule has 0 aliphatic carbocycles. The van der Waals surface area contributed by atoms with E-state index in [1.165, 1.54) is 0 Å². The van der Waals surface area contributed by atoms with E-state index >= 15 is 0 Å². The summed E-state index contributed by atoms with van der Waals surface area (Å²) in [5, 5.41) is 3.35. The van der Waals surface area contributed by atoms with Crippen LogP contribution in [0.5, 0.6) is 0 Å². The zero-order chi connectivity index (χ0) is 12.1. The molecule has 1 saturated heterocycles. The molecule has 0 spiro atoms. The molecule has 1 aliphatic rings. The van der Waals surface area contributed by atoms with Crippen molar-refractivity contribution in [3.63, 3.8) is 0 Å². The smallest absolute Gasteiger partial charge is 0.241 e. The van der Waals surface area contributed by atoms with E-state index in [2.05, 4.69) is 26.1 Å². The van der Waals surface area contributed by atoms with E-state index < -0.39 is 0 Å². The number of nitrogens with one attached hydrogen (secondary N) is 1. The first-order valence-electron chi connectivity index (χ1n) is 6.19. The van der Waals surface area contributed by atoms with Crippen LogP contribution >= 0.6 is 0 Å². The van der Waals surface area contributed by atoms with Crippen LogP contribution in [0.2, 0.25) is 0 Å². The van der Waals surface area contributed by atoms with Gasteiger partial charge < -0.3 is 9.64 Å². The van der Waals surface area contributed by atoms with Crippen molar-refractivity contribution in [1.29, 1.82) is 0 Å². The van der Waals surface area contributed by atoms with Crippen LogP contribution in [-0.2, 0) is 9.53 Å². The van der Waals surface area contributed by atoms with Gasteiger partial charge in [0, 0.05) is 19.8 Å². The molecule has 0 aromatic carbocycles. The van der Waals surface area contributed by atoms with E-state index in [1.54, 1.807) is 7.11 Å². The molecule has 0 bridgehead atoms. The Kier molecular flexibility index (Phi) is 5.22. The van der Waals surface area contributed by atoms with Gasteiger partial charge in [-0.1, -0.05) is 13.3 Å². The highest BCUT2D eigenvalue weighted by Crippen LogP contribution is 2.18. The minimum Gasteiger partial charge on any atom is -0.385 e. The minimum absolute atomic E-state index is 0.0185. The zero-order valence-electron chi connectivity index (χ0n) is 10.8. The number of hydrogen-bond acceptors (Lipinski definition) is 3. The van der Waals surface area contributed by atoms with Gasteiger partial charge in [-0.2, -0.15) is 0 Å². The summed E-state index contributed by atoms with van der Waals surface area (Å²) in [6.07, 6.45) is 3.01. The van der Waals surface area contributed by atoms with Crippen LogP contribution in [0.1, 0.15) is 40.0 Å². The van der Waals surface area contributed by atoms with Crippen molar-refractivity contribution in [2.45, 2.75) is 58.3 Å². The number of nitrogens with zero attached hydrogens (tertiary/aromatic N) is 1. The lowest BCUT2D eigenvalue weighted by Gasteiger charge is -2.28. The van der Waals surface area contributed by atoms with E-state index in [1.807, 2.05) is 4.90 Å². The SMILES string of the molecule is CCCC1NC(C)N(C(C)CCOC)C1=O. The van der Waals surface area contributed by atoms with Crippen LogP contribution in [0.3, 0.4) is 0 Å². The molecular weight excluding hydrogens is 204 g/mol. The van der Waals surface area contributed by atoms with E-state index in [-0.39, 0.29) is 24.2 Å². The fraction of sp³-hybridized carbons (Fsp3) is 0.917. The third-order valence-electron chi connectivity index (χ3n) is 3.20. The zero-order valence-corrected chi connectivity index (χ0v) is 10.8. The monoisotopic (exact) mass is 228 g/mol. The third-order valence-corrected chi connectivity index (χ3v) is 3.20. The summed E-state index contributed by atoms with van der Waals surface area (Å²) in [5.74, 6) is 0.248. The second-order valence-electron chi connectivity index (χ2n) is 4.56. The van der Waals surface area contributed by atoms with Crippen LogP contribution in [0.4, 0.5) is 0 Å². The fourth-order valence-corrected chi connectivity index (χ4v) is 2.34. The number of methoxy groups -OCH3 is 1. The Morgan fingerprint density at radius 3 is 2.81 bits per heavy atom. The summed E-state index contributed by atoms with van der Waals surface area (Å²) < 4.78 is 5.06. The molecule has 94 valence electrons. The van der Waals surface area contributed by atoms with Gasteiger partial charge in [0.15, 0.2) is 0 Å². The molecule has 1 N–H and O–H groups in total. The van der Waals surface area contributed by atoms with Gasteiger partial charge in [-0.15, -0.1) is 0 Å². The quantitative estimate of drug-likeness (QED) is 0.746. The van der Waals surface area contributed by atoms with Crippen molar-refractivity contribution in [3.8, 4) is 0 Å². The van der Waals surface area contributed by atoms with Gasteiger partial charge in [-0.3, -0.25) is 10.1 Å². The molecule has 0 aromatic heterocycles. The predicted octanol–water partition coefficient (Wildman–Crippen LogP) is 1.36. The highest BCUT2D eigenvalue weighted by atomic mass is 16.5. The van der Waals surface area contributed by atoms with Crippen LogP contribution in [0.15, 0.2) is 0 Å². The van der Waals surface area contributed by atoms with Gasteiger partial charge in [0.05, 0.1) is 12.2 Å². The standard InChI is InChI=1S/C12H24N2O2/c1-5-6-11-12(15)14(10(3)13-11)9(2)7-8-16-4/h9-11,13H,5-8H2,1-4H3. The maximum Gasteiger partial charge on any atom is 0.241 e. The lowest BCUT2D eigenvalue weighted by atomic mass is 10.1. The second-order valence-corrected chi connectivity index (χ2v) is 4.56. The number of amides is 1. The number of rotatable bonds is 6. The van der Waals surface area contributed by atoms with E-state index in [9.17, 15) is 4.79 Å². The second kappa shape index (κ2) is 6.21. The maximum absolute atomic E-state index is 12.1. The highest BCUT2D eigenvalue weighted by Gasteiger charge is 2.37. The topological polar surface area (TPSA) is 41.6 Å². The van der Waals surface area contributed by atoms with Gasteiger partial charge in [0.25, 0.3) is 0 Å². The lowest BCUT2D eigenvalue weighted by molar-refractivity contribution is -0.132. The molecule has 1 rings (SSSR count). The van der Waals surface area contributed by atoms with Crippen molar-refractivity contribution in [3.05, 3.63) is 0 Å². The van der Waals surface area contributed by atoms with Crippen molar-refractivity contribution < 1.29 is 9.53 Å². The average molecular weight is 228 g/mol. The lowest BCUT2D eigenvalue weighted by Crippen LogP contribution is -2.42. The molecule has 1 fully saturated rings. The summed E-state index contributed by atoms with van der Waals surface area (Å²) in [7, 11) is 1.69. The van der Waals surface area contributed by atoms with Crippen LogP contribution < -0.4 is 5.32 Å². The van der Waals surface area contributed by atoms with Crippen molar-refractivity contribution in [1.82, 2.24) is 10.2 Å². The van der Waals surface area contributed by atoms with Gasteiger partial charge in [0.2, 0.25) is 5.91 Å². The molecule has 0 saturated carbocycles. The van der Waals surface area contributed by atoms with E-state index in [0.717, 1.165) is 19.3 Å². The molecule has 0 radical (unpaired) electrons. The Morgan fingerprint density at radius 2 is 2.25 bits per heavy atom. The van der Waals surface area contributed by atoms with Gasteiger partial charge in [-0.25, -0.2) is 0 Å². The normalized spacial score (nSPS) is 27.5. The Labute approximate surface area is 98.3 Å². The Hall–Kier alpha value is -0.610. The summed E-state index contributed by atoms with van der Waals surface area (Å²) in [5.41, 5.74) is 0. The van der Waals surface area contributed by atoms with Crippen molar-refractivity contribution in [2.75, 3.05) is 13.7 Å². The van der Waals surface area contributed by atoms with Crippen molar-refractivity contribution >= 4 is 5.91 Å². The minimum atomic E-state index is 0.0185. The molecule has 1 aliphatic heterocycles. The fourth-order valence-electron chi connectivity index (χ4n) is 2.34.